The van der Waals surface area contributed by atoms with Gasteiger partial charge in [-0.15, -0.1) is 0 Å². The number of carbonyl (C=O) groups is 1. The van der Waals surface area contributed by atoms with E-state index < -0.39 is 5.91 Å². The Kier molecular flexibility index (Phi) is 8.19. The van der Waals surface area contributed by atoms with E-state index in [1.54, 1.807) is 12.1 Å². The van der Waals surface area contributed by atoms with E-state index in [1.165, 1.54) is 24.3 Å². The predicted molar refractivity (Wildman–Crippen MR) is 125 cm³/mol. The van der Waals surface area contributed by atoms with E-state index in [0.717, 1.165) is 32.1 Å². The highest BCUT2D eigenvalue weighted by molar-refractivity contribution is 5.85. The van der Waals surface area contributed by atoms with Gasteiger partial charge in [0.1, 0.15) is 11.4 Å². The summed E-state index contributed by atoms with van der Waals surface area (Å²) in [6.07, 6.45) is 7.96. The fourth-order valence-electron chi connectivity index (χ4n) is 3.91. The third-order valence-corrected chi connectivity index (χ3v) is 5.80. The lowest BCUT2D eigenvalue weighted by Crippen LogP contribution is -2.33. The molecule has 0 aliphatic heterocycles. The fraction of sp³-hybridized carbons (Fsp3) is 0.417. The van der Waals surface area contributed by atoms with Crippen molar-refractivity contribution in [3.63, 3.8) is 0 Å². The highest BCUT2D eigenvalue weighted by atomic mass is 16.6. The lowest BCUT2D eigenvalue weighted by Gasteiger charge is -2.32. The van der Waals surface area contributed by atoms with Crippen LogP contribution in [0.2, 0.25) is 0 Å². The molecule has 0 atom stereocenters. The summed E-state index contributed by atoms with van der Waals surface area (Å²) in [7, 11) is 1.92. The Bertz CT molecular complexity index is 953. The zero-order valence-electron chi connectivity index (χ0n) is 18.6. The molecule has 32 heavy (non-hydrogen) atoms. The number of hydrogen-bond acceptors (Lipinski definition) is 6. The predicted octanol–water partition coefficient (Wildman–Crippen LogP) is 4.46. The molecule has 0 aromatic heterocycles. The Balaban J connectivity index is 1.57. The second kappa shape index (κ2) is 11.3. The van der Waals surface area contributed by atoms with Crippen LogP contribution in [0.5, 0.6) is 5.75 Å². The van der Waals surface area contributed by atoms with Crippen LogP contribution in [0.1, 0.15) is 50.2 Å². The number of carbonyl (C=O) groups excluding carboxylic acids is 1. The van der Waals surface area contributed by atoms with E-state index in [-0.39, 0.29) is 17.2 Å². The van der Waals surface area contributed by atoms with Crippen LogP contribution in [0, 0.1) is 10.1 Å². The molecule has 8 heteroatoms. The number of nitro groups is 1. The second-order valence-electron chi connectivity index (χ2n) is 7.99. The standard InChI is InChI=1S/C24H30N4O4/c1-3-18-9-12-21(13-10-18)32-17-24(29)26-25-16-19-11-14-22(23(15-19)28(30)31)27(2)20-7-5-4-6-8-20/h9-16,20H,3-8,17H2,1-2H3,(H,26,29)/b25-16-. The molecule has 0 heterocycles. The molecule has 170 valence electrons. The summed E-state index contributed by atoms with van der Waals surface area (Å²) in [5.74, 6) is 0.193. The van der Waals surface area contributed by atoms with Crippen molar-refractivity contribution in [2.45, 2.75) is 51.5 Å². The first-order valence-corrected chi connectivity index (χ1v) is 11.0. The van der Waals surface area contributed by atoms with E-state index in [9.17, 15) is 14.9 Å². The molecule has 1 fully saturated rings. The third-order valence-electron chi connectivity index (χ3n) is 5.80. The molecule has 1 N–H and O–H groups in total. The second-order valence-corrected chi connectivity index (χ2v) is 7.99. The number of hydrogen-bond donors (Lipinski definition) is 1. The van der Waals surface area contributed by atoms with Crippen molar-refractivity contribution in [1.29, 1.82) is 0 Å². The normalized spacial score (nSPS) is 14.3. The van der Waals surface area contributed by atoms with Crippen molar-refractivity contribution in [1.82, 2.24) is 5.43 Å². The van der Waals surface area contributed by atoms with Gasteiger partial charge < -0.3 is 9.64 Å². The van der Waals surface area contributed by atoms with Gasteiger partial charge in [0.05, 0.1) is 11.1 Å². The van der Waals surface area contributed by atoms with Gasteiger partial charge in [0, 0.05) is 24.7 Å². The van der Waals surface area contributed by atoms with Gasteiger partial charge in [-0.2, -0.15) is 5.10 Å². The Labute approximate surface area is 188 Å². The third kappa shape index (κ3) is 6.29. The quantitative estimate of drug-likeness (QED) is 0.354. The minimum atomic E-state index is -0.413. The minimum Gasteiger partial charge on any atom is -0.484 e. The van der Waals surface area contributed by atoms with Gasteiger partial charge in [-0.05, 0) is 43.0 Å². The number of amides is 1. The number of ether oxygens (including phenoxy) is 1. The van der Waals surface area contributed by atoms with E-state index in [4.69, 9.17) is 4.74 Å². The van der Waals surface area contributed by atoms with E-state index in [2.05, 4.69) is 17.5 Å². The SMILES string of the molecule is CCc1ccc(OCC(=O)N/N=C\c2ccc(N(C)C3CCCCC3)c([N+](=O)[O-])c2)cc1. The lowest BCUT2D eigenvalue weighted by atomic mass is 9.94. The molecule has 2 aromatic rings. The summed E-state index contributed by atoms with van der Waals surface area (Å²) < 4.78 is 5.44. The number of benzene rings is 2. The van der Waals surface area contributed by atoms with Gasteiger partial charge in [0.15, 0.2) is 6.61 Å². The van der Waals surface area contributed by atoms with Crippen LogP contribution in [0.25, 0.3) is 0 Å². The Hall–Kier alpha value is -3.42. The molecule has 0 bridgehead atoms. The minimum absolute atomic E-state index is 0.0345. The zero-order chi connectivity index (χ0) is 22.9. The molecule has 1 saturated carbocycles. The van der Waals surface area contributed by atoms with Crippen molar-refractivity contribution in [3.8, 4) is 5.75 Å². The maximum atomic E-state index is 12.0. The Morgan fingerprint density at radius 2 is 1.94 bits per heavy atom. The van der Waals surface area contributed by atoms with Crippen molar-refractivity contribution in [2.75, 3.05) is 18.6 Å². The maximum absolute atomic E-state index is 12.0. The average Bonchev–Trinajstić information content (AvgIpc) is 2.83. The Morgan fingerprint density at radius 3 is 2.59 bits per heavy atom. The van der Waals surface area contributed by atoms with Crippen LogP contribution in [-0.4, -0.2) is 36.7 Å². The summed E-state index contributed by atoms with van der Waals surface area (Å²) in [6, 6.07) is 12.9. The molecule has 0 unspecified atom stereocenters. The molecule has 1 aliphatic rings. The van der Waals surface area contributed by atoms with Crippen LogP contribution in [0.4, 0.5) is 11.4 Å². The number of nitrogens with zero attached hydrogens (tertiary/aromatic N) is 3. The Morgan fingerprint density at radius 1 is 1.22 bits per heavy atom. The molecule has 1 amide bonds. The van der Waals surface area contributed by atoms with E-state index >= 15 is 0 Å². The molecule has 0 radical (unpaired) electrons. The van der Waals surface area contributed by atoms with Crippen LogP contribution < -0.4 is 15.1 Å². The van der Waals surface area contributed by atoms with Gasteiger partial charge in [0.25, 0.3) is 11.6 Å². The fourth-order valence-corrected chi connectivity index (χ4v) is 3.91. The van der Waals surface area contributed by atoms with Crippen LogP contribution in [0.15, 0.2) is 47.6 Å². The molecule has 0 saturated heterocycles. The molecule has 3 rings (SSSR count). The number of nitrogens with one attached hydrogen (secondary N) is 1. The summed E-state index contributed by atoms with van der Waals surface area (Å²) >= 11 is 0. The van der Waals surface area contributed by atoms with Gasteiger partial charge in [-0.3, -0.25) is 14.9 Å². The summed E-state index contributed by atoms with van der Waals surface area (Å²) in [5.41, 5.74) is 4.75. The largest absolute Gasteiger partial charge is 0.484 e. The van der Waals surface area contributed by atoms with Crippen molar-refractivity contribution in [3.05, 3.63) is 63.7 Å². The van der Waals surface area contributed by atoms with Gasteiger partial charge in [-0.25, -0.2) is 5.43 Å². The number of hydrazone groups is 1. The summed E-state index contributed by atoms with van der Waals surface area (Å²) in [5, 5.41) is 15.6. The molecular formula is C24H30N4O4. The van der Waals surface area contributed by atoms with Crippen molar-refractivity contribution in [2.24, 2.45) is 5.10 Å². The smallest absolute Gasteiger partial charge is 0.293 e. The molecule has 1 aliphatic carbocycles. The molecular weight excluding hydrogens is 408 g/mol. The zero-order valence-corrected chi connectivity index (χ0v) is 18.6. The maximum Gasteiger partial charge on any atom is 0.293 e. The van der Waals surface area contributed by atoms with Crippen molar-refractivity contribution >= 4 is 23.5 Å². The van der Waals surface area contributed by atoms with Crippen LogP contribution >= 0.6 is 0 Å². The van der Waals surface area contributed by atoms with Gasteiger partial charge in [0.2, 0.25) is 0 Å². The molecule has 2 aromatic carbocycles. The van der Waals surface area contributed by atoms with Crippen LogP contribution in [0.3, 0.4) is 0 Å². The van der Waals surface area contributed by atoms with Gasteiger partial charge >= 0.3 is 0 Å². The van der Waals surface area contributed by atoms with E-state index in [0.29, 0.717) is 23.0 Å². The highest BCUT2D eigenvalue weighted by Crippen LogP contribution is 2.33. The first-order chi connectivity index (χ1) is 15.5. The highest BCUT2D eigenvalue weighted by Gasteiger charge is 2.24. The average molecular weight is 439 g/mol. The lowest BCUT2D eigenvalue weighted by molar-refractivity contribution is -0.384. The van der Waals surface area contributed by atoms with Gasteiger partial charge in [-0.1, -0.05) is 44.4 Å². The number of aryl methyl sites for hydroxylation is 1. The topological polar surface area (TPSA) is 97.1 Å². The summed E-state index contributed by atoms with van der Waals surface area (Å²) in [4.78, 5) is 25.3. The molecule has 8 nitrogen and oxygen atoms in total. The number of anilines is 1. The van der Waals surface area contributed by atoms with E-state index in [1.807, 2.05) is 36.2 Å². The van der Waals surface area contributed by atoms with Crippen molar-refractivity contribution < 1.29 is 14.5 Å². The number of nitro benzene ring substituents is 1. The summed E-state index contributed by atoms with van der Waals surface area (Å²) in [6.45, 7) is 1.90. The first-order valence-electron chi connectivity index (χ1n) is 11.0. The van der Waals surface area contributed by atoms with Crippen LogP contribution in [-0.2, 0) is 11.2 Å². The molecule has 0 spiro atoms. The number of rotatable bonds is 9. The first kappa shape index (κ1) is 23.2. The monoisotopic (exact) mass is 438 g/mol.